The van der Waals surface area contributed by atoms with Crippen molar-refractivity contribution >= 4 is 29.6 Å². The summed E-state index contributed by atoms with van der Waals surface area (Å²) in [6, 6.07) is 12.2. The lowest BCUT2D eigenvalue weighted by Crippen LogP contribution is -2.51. The molecule has 10 nitrogen and oxygen atoms in total. The van der Waals surface area contributed by atoms with Gasteiger partial charge >= 0.3 is 0 Å². The van der Waals surface area contributed by atoms with E-state index >= 15 is 0 Å². The van der Waals surface area contributed by atoms with Crippen LogP contribution in [-0.2, 0) is 9.59 Å². The molecule has 6 N–H and O–H groups in total. The van der Waals surface area contributed by atoms with Crippen LogP contribution in [0, 0.1) is 11.8 Å². The second-order valence-electron chi connectivity index (χ2n) is 7.53. The maximum atomic E-state index is 12.3. The van der Waals surface area contributed by atoms with Gasteiger partial charge in [0.2, 0.25) is 5.91 Å². The van der Waals surface area contributed by atoms with Crippen LogP contribution in [0.15, 0.2) is 53.5 Å². The lowest BCUT2D eigenvalue weighted by atomic mass is 10.1. The number of aliphatic hydroxyl groups is 1. The molecule has 10 heteroatoms. The second-order valence-corrected chi connectivity index (χ2v) is 7.53. The van der Waals surface area contributed by atoms with Gasteiger partial charge in [0.15, 0.2) is 0 Å². The first kappa shape index (κ1) is 27.2. The molecule has 0 fully saturated rings. The van der Waals surface area contributed by atoms with E-state index in [0.29, 0.717) is 17.8 Å². The van der Waals surface area contributed by atoms with Gasteiger partial charge in [0.25, 0.3) is 11.8 Å². The number of carbonyl (C=O) groups excluding carboxylic acids is 3. The Balaban J connectivity index is 1.91. The molecule has 2 rings (SSSR count). The number of aliphatic hydroxyl groups excluding tert-OH is 1. The first-order valence-corrected chi connectivity index (χ1v) is 10.9. The molecule has 0 aromatic heterocycles. The van der Waals surface area contributed by atoms with E-state index in [1.54, 1.807) is 49.7 Å². The molecule has 2 aromatic carbocycles. The third-order valence-electron chi connectivity index (χ3n) is 4.75. The Kier molecular flexibility index (Phi) is 11.1. The van der Waals surface area contributed by atoms with Gasteiger partial charge in [-0.1, -0.05) is 11.8 Å². The van der Waals surface area contributed by atoms with Gasteiger partial charge < -0.3 is 26.0 Å². The fraction of sp³-hybridized carbons (Fsp3) is 0.280. The van der Waals surface area contributed by atoms with Crippen molar-refractivity contribution in [3.05, 3.63) is 65.2 Å². The van der Waals surface area contributed by atoms with Gasteiger partial charge in [-0.3, -0.25) is 19.6 Å². The lowest BCUT2D eigenvalue weighted by Gasteiger charge is -2.19. The Morgan fingerprint density at radius 1 is 1.03 bits per heavy atom. The zero-order chi connectivity index (χ0) is 25.6. The molecule has 0 heterocycles. The zero-order valence-corrected chi connectivity index (χ0v) is 19.5. The van der Waals surface area contributed by atoms with Crippen LogP contribution in [-0.4, -0.2) is 66.5 Å². The summed E-state index contributed by atoms with van der Waals surface area (Å²) < 4.78 is 0. The summed E-state index contributed by atoms with van der Waals surface area (Å²) in [5, 5.41) is 26.6. The molecular formula is C25H29N5O5. The molecule has 0 aliphatic heterocycles. The summed E-state index contributed by atoms with van der Waals surface area (Å²) in [6.07, 6.45) is 1.35. The normalized spacial score (nSPS) is 12.2. The largest absolute Gasteiger partial charge is 0.391 e. The number of hydrogen-bond donors (Lipinski definition) is 6. The van der Waals surface area contributed by atoms with Crippen LogP contribution in [0.2, 0.25) is 0 Å². The molecule has 35 heavy (non-hydrogen) atoms. The van der Waals surface area contributed by atoms with E-state index in [1.165, 1.54) is 24.5 Å². The Hall–Kier alpha value is -4.04. The molecule has 0 saturated heterocycles. The zero-order valence-electron chi connectivity index (χ0n) is 19.5. The maximum absolute atomic E-state index is 12.3. The van der Waals surface area contributed by atoms with Crippen LogP contribution in [0.3, 0.4) is 0 Å². The van der Waals surface area contributed by atoms with E-state index in [4.69, 9.17) is 5.21 Å². The second kappa shape index (κ2) is 14.3. The fourth-order valence-electron chi connectivity index (χ4n) is 2.89. The van der Waals surface area contributed by atoms with Gasteiger partial charge in [-0.2, -0.15) is 0 Å². The highest BCUT2D eigenvalue weighted by Gasteiger charge is 2.25. The van der Waals surface area contributed by atoms with E-state index < -0.39 is 24.0 Å². The number of nitrogens with one attached hydrogen (secondary N) is 4. The molecule has 184 valence electrons. The van der Waals surface area contributed by atoms with Crippen LogP contribution < -0.4 is 21.4 Å². The van der Waals surface area contributed by atoms with Crippen LogP contribution in [0.1, 0.15) is 34.8 Å². The van der Waals surface area contributed by atoms with Crippen molar-refractivity contribution in [1.29, 1.82) is 0 Å². The fourth-order valence-corrected chi connectivity index (χ4v) is 2.89. The highest BCUT2D eigenvalue weighted by Crippen LogP contribution is 2.09. The topological polar surface area (TPSA) is 152 Å². The minimum absolute atomic E-state index is 0.141. The summed E-state index contributed by atoms with van der Waals surface area (Å²) in [7, 11) is 1.71. The molecule has 0 aliphatic carbocycles. The Morgan fingerprint density at radius 3 is 2.17 bits per heavy atom. The number of carbonyl (C=O) groups is 3. The van der Waals surface area contributed by atoms with Crippen molar-refractivity contribution in [2.24, 2.45) is 4.99 Å². The van der Waals surface area contributed by atoms with Gasteiger partial charge in [-0.25, -0.2) is 5.48 Å². The first-order chi connectivity index (χ1) is 16.8. The van der Waals surface area contributed by atoms with Gasteiger partial charge in [-0.15, -0.1) is 0 Å². The van der Waals surface area contributed by atoms with Crippen LogP contribution in [0.5, 0.6) is 0 Å². The maximum Gasteiger partial charge on any atom is 0.268 e. The number of nitrogens with zero attached hydrogens (tertiary/aromatic N) is 1. The third kappa shape index (κ3) is 9.38. The molecule has 2 aromatic rings. The number of aliphatic imine (C=N–C) groups is 1. The molecule has 3 amide bonds. The van der Waals surface area contributed by atoms with Gasteiger partial charge in [0.1, 0.15) is 6.04 Å². The first-order valence-electron chi connectivity index (χ1n) is 10.9. The van der Waals surface area contributed by atoms with Crippen molar-refractivity contribution in [2.75, 3.05) is 25.5 Å². The highest BCUT2D eigenvalue weighted by molar-refractivity contribution is 5.97. The van der Waals surface area contributed by atoms with Crippen LogP contribution in [0.4, 0.5) is 5.69 Å². The van der Waals surface area contributed by atoms with Crippen molar-refractivity contribution in [2.45, 2.75) is 25.5 Å². The molecule has 2 atom stereocenters. The van der Waals surface area contributed by atoms with E-state index in [1.807, 2.05) is 0 Å². The molecule has 0 saturated carbocycles. The number of rotatable bonds is 10. The molecule has 0 radical (unpaired) electrons. The summed E-state index contributed by atoms with van der Waals surface area (Å²) in [6.45, 7) is 2.21. The summed E-state index contributed by atoms with van der Waals surface area (Å²) >= 11 is 0. The molecular weight excluding hydrogens is 450 g/mol. The molecule has 0 unspecified atom stereocenters. The monoisotopic (exact) mass is 479 g/mol. The van der Waals surface area contributed by atoms with Gasteiger partial charge in [-0.05, 0) is 68.1 Å². The predicted octanol–water partition coefficient (Wildman–Crippen LogP) is 0.690. The number of amides is 3. The van der Waals surface area contributed by atoms with E-state index in [9.17, 15) is 19.5 Å². The van der Waals surface area contributed by atoms with Gasteiger partial charge in [0.05, 0.1) is 12.6 Å². The number of anilines is 1. The SMILES string of the molecule is CN=CCCNCC(=O)Nc1ccc(C#Cc2ccc(C(=O)N[C@H](C(=O)NO)[C@@H](C)O)cc2)cc1. The van der Waals surface area contributed by atoms with Crippen molar-refractivity contribution in [3.8, 4) is 11.8 Å². The molecule has 0 spiro atoms. The number of hydrogen-bond acceptors (Lipinski definition) is 7. The molecule has 0 bridgehead atoms. The third-order valence-corrected chi connectivity index (χ3v) is 4.75. The van der Waals surface area contributed by atoms with Crippen LogP contribution in [0.25, 0.3) is 0 Å². The summed E-state index contributed by atoms with van der Waals surface area (Å²) in [4.78, 5) is 39.7. The number of benzene rings is 2. The average molecular weight is 480 g/mol. The minimum atomic E-state index is -1.29. The smallest absolute Gasteiger partial charge is 0.268 e. The standard InChI is InChI=1S/C25H29N5O5/c1-17(31)23(25(34)30-35)29-24(33)20-10-6-18(7-11-20)4-5-19-8-12-21(13-9-19)28-22(32)16-27-15-3-14-26-2/h6-14,17,23,27,31,35H,3,15-16H2,1-2H3,(H,28,32)(H,29,33)(H,30,34)/t17-,23+/m1/s1. The van der Waals surface area contributed by atoms with E-state index in [-0.39, 0.29) is 18.0 Å². The van der Waals surface area contributed by atoms with Crippen molar-refractivity contribution in [3.63, 3.8) is 0 Å². The van der Waals surface area contributed by atoms with Crippen molar-refractivity contribution in [1.82, 2.24) is 16.1 Å². The van der Waals surface area contributed by atoms with Gasteiger partial charge in [0, 0.05) is 36.0 Å². The summed E-state index contributed by atoms with van der Waals surface area (Å²) in [5.41, 5.74) is 3.75. The lowest BCUT2D eigenvalue weighted by molar-refractivity contribution is -0.133. The average Bonchev–Trinajstić information content (AvgIpc) is 2.86. The highest BCUT2D eigenvalue weighted by atomic mass is 16.5. The predicted molar refractivity (Wildman–Crippen MR) is 132 cm³/mol. The summed E-state index contributed by atoms with van der Waals surface area (Å²) in [5.74, 6) is 4.36. The quantitative estimate of drug-likeness (QED) is 0.0970. The van der Waals surface area contributed by atoms with E-state index in [2.05, 4.69) is 32.8 Å². The Morgan fingerprint density at radius 2 is 1.63 bits per heavy atom. The van der Waals surface area contributed by atoms with E-state index in [0.717, 1.165) is 12.0 Å². The number of hydroxylamine groups is 1. The molecule has 0 aliphatic rings. The Labute approximate surface area is 203 Å². The Bertz CT molecular complexity index is 1090. The van der Waals surface area contributed by atoms with Crippen LogP contribution >= 0.6 is 0 Å². The minimum Gasteiger partial charge on any atom is -0.391 e. The van der Waals surface area contributed by atoms with Crippen molar-refractivity contribution < 1.29 is 24.7 Å².